The highest BCUT2D eigenvalue weighted by atomic mass is 35.5. The summed E-state index contributed by atoms with van der Waals surface area (Å²) in [7, 11) is 4.89. The van der Waals surface area contributed by atoms with Crippen molar-refractivity contribution in [1.82, 2.24) is 9.13 Å². The molecule has 124 valence electrons. The zero-order valence-electron chi connectivity index (χ0n) is 13.5. The van der Waals surface area contributed by atoms with Crippen LogP contribution in [0.5, 0.6) is 5.75 Å². The van der Waals surface area contributed by atoms with Gasteiger partial charge in [-0.3, -0.25) is 13.9 Å². The van der Waals surface area contributed by atoms with Gasteiger partial charge in [-0.2, -0.15) is 0 Å². The number of aromatic nitrogens is 2. The highest BCUT2D eigenvalue weighted by Gasteiger charge is 2.14. The Hall–Kier alpha value is -2.73. The van der Waals surface area contributed by atoms with Crippen LogP contribution in [-0.4, -0.2) is 22.2 Å². The van der Waals surface area contributed by atoms with E-state index in [0.29, 0.717) is 27.5 Å². The van der Waals surface area contributed by atoms with E-state index in [2.05, 4.69) is 5.32 Å². The van der Waals surface area contributed by atoms with E-state index in [1.165, 1.54) is 16.2 Å². The quantitative estimate of drug-likeness (QED) is 0.793. The molecular formula is C17H16ClN3O3. The summed E-state index contributed by atoms with van der Waals surface area (Å²) in [6, 6.07) is 10.1. The van der Waals surface area contributed by atoms with Crippen LogP contribution in [0.3, 0.4) is 0 Å². The molecule has 1 amide bonds. The van der Waals surface area contributed by atoms with E-state index < -0.39 is 0 Å². The van der Waals surface area contributed by atoms with E-state index in [-0.39, 0.29) is 11.6 Å². The van der Waals surface area contributed by atoms with Crippen molar-refractivity contribution in [2.75, 3.05) is 12.4 Å². The normalized spacial score (nSPS) is 10.8. The minimum absolute atomic E-state index is 0.140. The molecule has 0 radical (unpaired) electrons. The first-order valence-electron chi connectivity index (χ1n) is 7.22. The van der Waals surface area contributed by atoms with E-state index in [1.807, 2.05) is 0 Å². The third-order valence-corrected chi connectivity index (χ3v) is 4.18. The van der Waals surface area contributed by atoms with Crippen molar-refractivity contribution in [3.63, 3.8) is 0 Å². The lowest BCUT2D eigenvalue weighted by Crippen LogP contribution is -2.19. The number of rotatable bonds is 3. The molecule has 1 N–H and O–H groups in total. The van der Waals surface area contributed by atoms with Gasteiger partial charge in [-0.25, -0.2) is 4.79 Å². The monoisotopic (exact) mass is 345 g/mol. The molecule has 2 aromatic carbocycles. The van der Waals surface area contributed by atoms with Crippen molar-refractivity contribution in [2.24, 2.45) is 14.1 Å². The molecule has 1 aromatic heterocycles. The predicted octanol–water partition coefficient (Wildman–Crippen LogP) is 2.79. The Balaban J connectivity index is 1.99. The summed E-state index contributed by atoms with van der Waals surface area (Å²) in [4.78, 5) is 24.5. The molecule has 24 heavy (non-hydrogen) atoms. The Morgan fingerprint density at radius 2 is 1.79 bits per heavy atom. The molecule has 0 saturated heterocycles. The molecule has 0 fully saturated rings. The van der Waals surface area contributed by atoms with E-state index in [1.54, 1.807) is 50.5 Å². The topological polar surface area (TPSA) is 65.3 Å². The number of nitrogens with zero attached hydrogens (tertiary/aromatic N) is 2. The predicted molar refractivity (Wildman–Crippen MR) is 94.1 cm³/mol. The lowest BCUT2D eigenvalue weighted by Gasteiger charge is -2.10. The summed E-state index contributed by atoms with van der Waals surface area (Å²) in [5, 5.41) is 3.27. The van der Waals surface area contributed by atoms with Gasteiger partial charge in [-0.05, 0) is 36.4 Å². The molecule has 0 spiro atoms. The van der Waals surface area contributed by atoms with Gasteiger partial charge in [0.2, 0.25) is 0 Å². The van der Waals surface area contributed by atoms with Crippen molar-refractivity contribution in [1.29, 1.82) is 0 Å². The second kappa shape index (κ2) is 6.05. The van der Waals surface area contributed by atoms with Crippen LogP contribution in [0.1, 0.15) is 10.4 Å². The second-order valence-corrected chi connectivity index (χ2v) is 5.84. The molecule has 0 aliphatic heterocycles. The Morgan fingerprint density at radius 3 is 2.50 bits per heavy atom. The number of carbonyl (C=O) groups is 1. The van der Waals surface area contributed by atoms with Gasteiger partial charge in [0.15, 0.2) is 0 Å². The van der Waals surface area contributed by atoms with Crippen LogP contribution in [0.2, 0.25) is 5.02 Å². The number of imidazole rings is 1. The summed E-state index contributed by atoms with van der Waals surface area (Å²) in [5.41, 5.74) is 2.23. The summed E-state index contributed by atoms with van der Waals surface area (Å²) in [6.07, 6.45) is 0. The van der Waals surface area contributed by atoms with Crippen molar-refractivity contribution in [2.45, 2.75) is 0 Å². The van der Waals surface area contributed by atoms with Crippen LogP contribution >= 0.6 is 11.6 Å². The molecule has 0 aliphatic rings. The van der Waals surface area contributed by atoms with E-state index in [0.717, 1.165) is 5.52 Å². The molecule has 0 atom stereocenters. The summed E-state index contributed by atoms with van der Waals surface area (Å²) in [5.74, 6) is 0.203. The average molecular weight is 346 g/mol. The molecule has 0 unspecified atom stereocenters. The molecule has 1 heterocycles. The fraction of sp³-hybridized carbons (Fsp3) is 0.176. The van der Waals surface area contributed by atoms with Crippen LogP contribution in [-0.2, 0) is 14.1 Å². The molecule has 0 aliphatic carbocycles. The van der Waals surface area contributed by atoms with Crippen molar-refractivity contribution in [3.8, 4) is 5.75 Å². The van der Waals surface area contributed by atoms with Crippen LogP contribution in [0.4, 0.5) is 5.69 Å². The summed E-state index contributed by atoms with van der Waals surface area (Å²) in [6.45, 7) is 0. The number of benzene rings is 2. The van der Waals surface area contributed by atoms with E-state index >= 15 is 0 Å². The Bertz CT molecular complexity index is 1000. The number of aryl methyl sites for hydroxylation is 2. The first-order chi connectivity index (χ1) is 11.4. The SMILES string of the molecule is COc1ccc(Cl)cc1NC(=O)c1ccc2c(c1)n(C)c(=O)n2C. The maximum absolute atomic E-state index is 12.5. The van der Waals surface area contributed by atoms with Crippen LogP contribution in [0.25, 0.3) is 11.0 Å². The average Bonchev–Trinajstić information content (AvgIpc) is 2.79. The molecule has 3 aromatic rings. The van der Waals surface area contributed by atoms with Gasteiger partial charge in [-0.15, -0.1) is 0 Å². The maximum atomic E-state index is 12.5. The minimum atomic E-state index is -0.311. The number of carbonyl (C=O) groups excluding carboxylic acids is 1. The minimum Gasteiger partial charge on any atom is -0.495 e. The first kappa shape index (κ1) is 16.1. The molecule has 3 rings (SSSR count). The molecule has 0 saturated carbocycles. The van der Waals surface area contributed by atoms with Gasteiger partial charge < -0.3 is 10.1 Å². The largest absolute Gasteiger partial charge is 0.495 e. The van der Waals surface area contributed by atoms with Crippen LogP contribution in [0.15, 0.2) is 41.2 Å². The standard InChI is InChI=1S/C17H16ClN3O3/c1-20-13-6-4-10(8-14(13)21(2)17(20)23)16(22)19-12-9-11(18)5-7-15(12)24-3/h4-9H,1-3H3,(H,19,22). The maximum Gasteiger partial charge on any atom is 0.328 e. The van der Waals surface area contributed by atoms with Gasteiger partial charge in [0.25, 0.3) is 5.91 Å². The lowest BCUT2D eigenvalue weighted by atomic mass is 10.1. The van der Waals surface area contributed by atoms with Crippen LogP contribution < -0.4 is 15.7 Å². The highest BCUT2D eigenvalue weighted by Crippen LogP contribution is 2.28. The van der Waals surface area contributed by atoms with Gasteiger partial charge >= 0.3 is 5.69 Å². The van der Waals surface area contributed by atoms with Crippen molar-refractivity contribution in [3.05, 3.63) is 57.5 Å². The van der Waals surface area contributed by atoms with E-state index in [9.17, 15) is 9.59 Å². The smallest absolute Gasteiger partial charge is 0.328 e. The molecule has 6 nitrogen and oxygen atoms in total. The number of hydrogen-bond donors (Lipinski definition) is 1. The first-order valence-corrected chi connectivity index (χ1v) is 7.60. The number of ether oxygens (including phenoxy) is 1. The number of fused-ring (bicyclic) bond motifs is 1. The Labute approximate surface area is 143 Å². The number of anilines is 1. The number of hydrogen-bond acceptors (Lipinski definition) is 3. The Kier molecular flexibility index (Phi) is 4.07. The van der Waals surface area contributed by atoms with Crippen molar-refractivity contribution < 1.29 is 9.53 Å². The zero-order chi connectivity index (χ0) is 17.4. The van der Waals surface area contributed by atoms with Crippen LogP contribution in [0, 0.1) is 0 Å². The molecule has 7 heteroatoms. The third kappa shape index (κ3) is 2.65. The fourth-order valence-corrected chi connectivity index (χ4v) is 2.79. The van der Waals surface area contributed by atoms with Gasteiger partial charge in [0, 0.05) is 24.7 Å². The number of halogens is 1. The van der Waals surface area contributed by atoms with Gasteiger partial charge in [-0.1, -0.05) is 11.6 Å². The number of amides is 1. The third-order valence-electron chi connectivity index (χ3n) is 3.94. The van der Waals surface area contributed by atoms with Gasteiger partial charge in [0.1, 0.15) is 5.75 Å². The van der Waals surface area contributed by atoms with E-state index in [4.69, 9.17) is 16.3 Å². The highest BCUT2D eigenvalue weighted by molar-refractivity contribution is 6.31. The zero-order valence-corrected chi connectivity index (χ0v) is 14.2. The lowest BCUT2D eigenvalue weighted by molar-refractivity contribution is 0.102. The summed E-state index contributed by atoms with van der Waals surface area (Å²) >= 11 is 5.97. The number of nitrogens with one attached hydrogen (secondary N) is 1. The molecular weight excluding hydrogens is 330 g/mol. The van der Waals surface area contributed by atoms with Gasteiger partial charge in [0.05, 0.1) is 23.8 Å². The molecule has 0 bridgehead atoms. The Morgan fingerprint density at radius 1 is 1.08 bits per heavy atom. The second-order valence-electron chi connectivity index (χ2n) is 5.40. The summed E-state index contributed by atoms with van der Waals surface area (Å²) < 4.78 is 8.27. The number of methoxy groups -OCH3 is 1. The fourth-order valence-electron chi connectivity index (χ4n) is 2.62. The van der Waals surface area contributed by atoms with Crippen molar-refractivity contribution >= 4 is 34.2 Å².